The van der Waals surface area contributed by atoms with Gasteiger partial charge in [0, 0.05) is 11.6 Å². The van der Waals surface area contributed by atoms with Gasteiger partial charge in [-0.2, -0.15) is 0 Å². The van der Waals surface area contributed by atoms with Crippen LogP contribution in [0.1, 0.15) is 5.56 Å². The van der Waals surface area contributed by atoms with Crippen molar-refractivity contribution in [3.05, 3.63) is 61.3 Å². The van der Waals surface area contributed by atoms with Crippen LogP contribution in [-0.4, -0.2) is 14.8 Å². The van der Waals surface area contributed by atoms with Crippen LogP contribution < -0.4 is 4.74 Å². The zero-order valence-corrected chi connectivity index (χ0v) is 11.4. The lowest BCUT2D eigenvalue weighted by atomic mass is 10.2. The Kier molecular flexibility index (Phi) is 3.99. The first-order valence-corrected chi connectivity index (χ1v) is 5.99. The largest absolute Gasteiger partial charge is 0.430 e. The number of rotatable bonds is 4. The second-order valence-corrected chi connectivity index (χ2v) is 4.43. The van der Waals surface area contributed by atoms with Crippen molar-refractivity contribution in [1.82, 2.24) is 4.98 Å². The highest BCUT2D eigenvalue weighted by Gasteiger charge is 2.21. The lowest BCUT2D eigenvalue weighted by Crippen LogP contribution is -1.98. The van der Waals surface area contributed by atoms with Crippen LogP contribution in [0.3, 0.4) is 0 Å². The number of nitro benzene ring substituents is 1. The zero-order valence-electron chi connectivity index (χ0n) is 10.6. The number of hydrogen-bond donors (Lipinski definition) is 0. The van der Waals surface area contributed by atoms with E-state index in [1.54, 1.807) is 19.1 Å². The summed E-state index contributed by atoms with van der Waals surface area (Å²) in [4.78, 5) is 24.1. The maximum atomic E-state index is 11.0. The van der Waals surface area contributed by atoms with Gasteiger partial charge in [-0.3, -0.25) is 20.2 Å². The number of aromatic nitrogens is 1. The number of nitrogens with zero attached hydrogens (tertiary/aromatic N) is 3. The molecule has 2 aromatic rings. The van der Waals surface area contributed by atoms with Crippen LogP contribution in [0.15, 0.2) is 30.5 Å². The smallest absolute Gasteiger partial charge is 0.314 e. The molecule has 0 saturated heterocycles. The molecule has 1 heterocycles. The number of aryl methyl sites for hydroxylation is 1. The van der Waals surface area contributed by atoms with Gasteiger partial charge in [-0.25, -0.2) is 4.98 Å². The lowest BCUT2D eigenvalue weighted by molar-refractivity contribution is -0.386. The molecule has 1 aromatic carbocycles. The number of hydrogen-bond acceptors (Lipinski definition) is 6. The minimum Gasteiger partial charge on any atom is -0.430 e. The van der Waals surface area contributed by atoms with Gasteiger partial charge in [0.05, 0.1) is 9.85 Å². The van der Waals surface area contributed by atoms with Gasteiger partial charge in [-0.15, -0.1) is 0 Å². The average molecular weight is 310 g/mol. The third-order valence-electron chi connectivity index (χ3n) is 2.59. The molecular formula is C12H8ClN3O5. The molecule has 0 aliphatic rings. The molecule has 2 rings (SSSR count). The summed E-state index contributed by atoms with van der Waals surface area (Å²) in [5.41, 5.74) is -0.102. The average Bonchev–Trinajstić information content (AvgIpc) is 2.40. The highest BCUT2D eigenvalue weighted by atomic mass is 35.5. The molecule has 8 nitrogen and oxygen atoms in total. The van der Waals surface area contributed by atoms with E-state index in [0.29, 0.717) is 5.56 Å². The molecule has 21 heavy (non-hydrogen) atoms. The molecule has 1 aromatic heterocycles. The van der Waals surface area contributed by atoms with Crippen LogP contribution in [0.2, 0.25) is 5.02 Å². The molecule has 0 N–H and O–H groups in total. The van der Waals surface area contributed by atoms with Crippen molar-refractivity contribution in [2.45, 2.75) is 6.92 Å². The Hall–Kier alpha value is -2.74. The van der Waals surface area contributed by atoms with Gasteiger partial charge in [-0.1, -0.05) is 23.7 Å². The second kappa shape index (κ2) is 5.71. The number of nitro groups is 2. The molecule has 108 valence electrons. The first-order valence-electron chi connectivity index (χ1n) is 5.62. The van der Waals surface area contributed by atoms with Crippen molar-refractivity contribution in [3.8, 4) is 11.6 Å². The third kappa shape index (κ3) is 3.06. The van der Waals surface area contributed by atoms with Crippen LogP contribution in [-0.2, 0) is 0 Å². The Morgan fingerprint density at radius 1 is 1.24 bits per heavy atom. The Bertz CT molecular complexity index is 735. The third-order valence-corrected chi connectivity index (χ3v) is 2.86. The van der Waals surface area contributed by atoms with E-state index in [0.717, 1.165) is 12.3 Å². The molecule has 0 saturated carbocycles. The highest BCUT2D eigenvalue weighted by Crippen LogP contribution is 2.36. The van der Waals surface area contributed by atoms with Gasteiger partial charge in [0.25, 0.3) is 5.69 Å². The second-order valence-electron chi connectivity index (χ2n) is 4.02. The molecule has 0 bridgehead atoms. The predicted octanol–water partition coefficient (Wildman–Crippen LogP) is 3.65. The summed E-state index contributed by atoms with van der Waals surface area (Å²) in [7, 11) is 0. The van der Waals surface area contributed by atoms with Crippen LogP contribution in [0.25, 0.3) is 0 Å². The van der Waals surface area contributed by atoms with E-state index in [1.165, 1.54) is 6.07 Å². The molecule has 0 amide bonds. The monoisotopic (exact) mass is 309 g/mol. The summed E-state index contributed by atoms with van der Waals surface area (Å²) in [5.74, 6) is -0.181. The van der Waals surface area contributed by atoms with Crippen LogP contribution >= 0.6 is 11.6 Å². The Labute approximate surface area is 123 Å². The summed E-state index contributed by atoms with van der Waals surface area (Å²) < 4.78 is 5.31. The molecule has 0 spiro atoms. The van der Waals surface area contributed by atoms with Gasteiger partial charge in [-0.05, 0) is 13.0 Å². The summed E-state index contributed by atoms with van der Waals surface area (Å²) >= 11 is 5.83. The minimum atomic E-state index is -0.655. The quantitative estimate of drug-likeness (QED) is 0.630. The number of ether oxygens (including phenoxy) is 1. The van der Waals surface area contributed by atoms with E-state index in [1.807, 2.05) is 0 Å². The summed E-state index contributed by atoms with van der Waals surface area (Å²) in [6.45, 7) is 1.57. The van der Waals surface area contributed by atoms with Crippen LogP contribution in [0, 0.1) is 27.2 Å². The van der Waals surface area contributed by atoms with E-state index < -0.39 is 9.85 Å². The summed E-state index contributed by atoms with van der Waals surface area (Å²) in [6, 6.07) is 5.60. The van der Waals surface area contributed by atoms with E-state index in [2.05, 4.69) is 4.98 Å². The fraction of sp³-hybridized carbons (Fsp3) is 0.0833. The first kappa shape index (κ1) is 14.7. The van der Waals surface area contributed by atoms with Crippen LogP contribution in [0.5, 0.6) is 11.6 Å². The predicted molar refractivity (Wildman–Crippen MR) is 73.8 cm³/mol. The molecule has 0 unspecified atom stereocenters. The van der Waals surface area contributed by atoms with Gasteiger partial charge in [0.1, 0.15) is 11.2 Å². The Balaban J connectivity index is 2.42. The molecular weight excluding hydrogens is 302 g/mol. The van der Waals surface area contributed by atoms with Crippen molar-refractivity contribution in [1.29, 1.82) is 0 Å². The summed E-state index contributed by atoms with van der Waals surface area (Å²) in [5, 5.41) is 21.5. The topological polar surface area (TPSA) is 108 Å². The Morgan fingerprint density at radius 3 is 2.52 bits per heavy atom. The zero-order chi connectivity index (χ0) is 15.6. The minimum absolute atomic E-state index is 0.0387. The van der Waals surface area contributed by atoms with Crippen LogP contribution in [0.4, 0.5) is 11.4 Å². The molecule has 0 aliphatic heterocycles. The van der Waals surface area contributed by atoms with Crippen molar-refractivity contribution >= 4 is 23.0 Å². The fourth-order valence-corrected chi connectivity index (χ4v) is 1.84. The maximum absolute atomic E-state index is 11.0. The molecule has 0 aliphatic carbocycles. The normalized spacial score (nSPS) is 10.2. The highest BCUT2D eigenvalue weighted by molar-refractivity contribution is 6.32. The van der Waals surface area contributed by atoms with Crippen molar-refractivity contribution < 1.29 is 14.6 Å². The number of pyridine rings is 1. The standard InChI is InChI=1S/C12H8ClN3O5/c1-7-3-2-4-10(11(7)16(19)20)21-12-9(13)5-8(6-14-12)15(17)18/h2-6H,1H3. The molecule has 0 fully saturated rings. The number of halogens is 1. The number of para-hydroxylation sites is 1. The van der Waals surface area contributed by atoms with E-state index in [-0.39, 0.29) is 28.0 Å². The van der Waals surface area contributed by atoms with E-state index >= 15 is 0 Å². The van der Waals surface area contributed by atoms with E-state index in [9.17, 15) is 20.2 Å². The van der Waals surface area contributed by atoms with Gasteiger partial charge in [0.15, 0.2) is 0 Å². The SMILES string of the molecule is Cc1cccc(Oc2ncc([N+](=O)[O-])cc2Cl)c1[N+](=O)[O-]. The first-order chi connectivity index (χ1) is 9.90. The van der Waals surface area contributed by atoms with Gasteiger partial charge < -0.3 is 4.74 Å². The Morgan fingerprint density at radius 2 is 1.95 bits per heavy atom. The molecule has 0 atom stereocenters. The summed E-state index contributed by atoms with van der Waals surface area (Å²) in [6.07, 6.45) is 0.961. The number of benzene rings is 1. The van der Waals surface area contributed by atoms with Crippen molar-refractivity contribution in [3.63, 3.8) is 0 Å². The lowest BCUT2D eigenvalue weighted by Gasteiger charge is -2.07. The van der Waals surface area contributed by atoms with Gasteiger partial charge >= 0.3 is 5.69 Å². The molecule has 9 heteroatoms. The van der Waals surface area contributed by atoms with Gasteiger partial charge in [0.2, 0.25) is 11.6 Å². The molecule has 0 radical (unpaired) electrons. The fourth-order valence-electron chi connectivity index (χ4n) is 1.64. The van der Waals surface area contributed by atoms with Crippen molar-refractivity contribution in [2.24, 2.45) is 0 Å². The maximum Gasteiger partial charge on any atom is 0.314 e. The van der Waals surface area contributed by atoms with E-state index in [4.69, 9.17) is 16.3 Å². The van der Waals surface area contributed by atoms with Crippen molar-refractivity contribution in [2.75, 3.05) is 0 Å².